The van der Waals surface area contributed by atoms with Crippen molar-refractivity contribution in [2.75, 3.05) is 25.6 Å². The minimum absolute atomic E-state index is 0.0501. The van der Waals surface area contributed by atoms with Crippen LogP contribution in [0.2, 0.25) is 0 Å². The summed E-state index contributed by atoms with van der Waals surface area (Å²) >= 11 is 0. The van der Waals surface area contributed by atoms with Crippen LogP contribution in [0.5, 0.6) is 0 Å². The molecule has 0 bridgehead atoms. The molecule has 16 heavy (non-hydrogen) atoms. The third-order valence-corrected chi connectivity index (χ3v) is 3.46. The Balaban J connectivity index is 3.05. The molecule has 2 N–H and O–H groups in total. The van der Waals surface area contributed by atoms with E-state index in [-0.39, 0.29) is 10.7 Å². The van der Waals surface area contributed by atoms with Gasteiger partial charge >= 0.3 is 0 Å². The topological polar surface area (TPSA) is 93.4 Å². The molecule has 0 spiro atoms. The van der Waals surface area contributed by atoms with E-state index in [1.165, 1.54) is 37.3 Å². The van der Waals surface area contributed by atoms with Crippen molar-refractivity contribution in [3.63, 3.8) is 0 Å². The monoisotopic (exact) mass is 243 g/mol. The first kappa shape index (κ1) is 12.4. The van der Waals surface area contributed by atoms with Crippen molar-refractivity contribution in [3.05, 3.63) is 18.3 Å². The quantitative estimate of drug-likeness (QED) is 0.774. The van der Waals surface area contributed by atoms with E-state index in [4.69, 9.17) is 5.73 Å². The summed E-state index contributed by atoms with van der Waals surface area (Å²) in [5.41, 5.74) is 5.54. The van der Waals surface area contributed by atoms with E-state index in [1.807, 2.05) is 0 Å². The van der Waals surface area contributed by atoms with Gasteiger partial charge < -0.3 is 10.6 Å². The van der Waals surface area contributed by atoms with E-state index in [0.29, 0.717) is 0 Å². The third kappa shape index (κ3) is 2.69. The van der Waals surface area contributed by atoms with E-state index >= 15 is 0 Å². The SMILES string of the molecule is CN(C)C(=O)CS(=O)(=O)c1ncccc1N. The van der Waals surface area contributed by atoms with Crippen LogP contribution in [0.1, 0.15) is 0 Å². The number of hydrogen-bond acceptors (Lipinski definition) is 5. The Morgan fingerprint density at radius 3 is 2.62 bits per heavy atom. The summed E-state index contributed by atoms with van der Waals surface area (Å²) in [5.74, 6) is -1.13. The second-order valence-corrected chi connectivity index (χ2v) is 5.35. The first-order valence-corrected chi connectivity index (χ1v) is 6.13. The lowest BCUT2D eigenvalue weighted by molar-refractivity contribution is -0.125. The zero-order valence-electron chi connectivity index (χ0n) is 9.04. The Morgan fingerprint density at radius 1 is 1.50 bits per heavy atom. The molecule has 0 saturated carbocycles. The van der Waals surface area contributed by atoms with Crippen LogP contribution in [-0.2, 0) is 14.6 Å². The van der Waals surface area contributed by atoms with Gasteiger partial charge in [0.15, 0.2) is 5.03 Å². The van der Waals surface area contributed by atoms with Gasteiger partial charge in [-0.25, -0.2) is 13.4 Å². The normalized spacial score (nSPS) is 11.1. The highest BCUT2D eigenvalue weighted by Crippen LogP contribution is 2.15. The molecule has 6 nitrogen and oxygen atoms in total. The number of nitrogens with two attached hydrogens (primary N) is 1. The standard InChI is InChI=1S/C9H13N3O3S/c1-12(2)8(13)6-16(14,15)9-7(10)4-3-5-11-9/h3-5H,6,10H2,1-2H3. The molecule has 88 valence electrons. The molecule has 0 atom stereocenters. The zero-order chi connectivity index (χ0) is 12.3. The number of aromatic nitrogens is 1. The Bertz CT molecular complexity index is 496. The van der Waals surface area contributed by atoms with Gasteiger partial charge in [-0.2, -0.15) is 0 Å². The molecule has 0 aromatic carbocycles. The summed E-state index contributed by atoms with van der Waals surface area (Å²) in [4.78, 5) is 16.2. The van der Waals surface area contributed by atoms with Gasteiger partial charge in [-0.15, -0.1) is 0 Å². The van der Waals surface area contributed by atoms with Gasteiger partial charge in [-0.05, 0) is 12.1 Å². The van der Waals surface area contributed by atoms with Crippen LogP contribution in [0.3, 0.4) is 0 Å². The lowest BCUT2D eigenvalue weighted by Crippen LogP contribution is -2.29. The number of rotatable bonds is 3. The van der Waals surface area contributed by atoms with E-state index in [1.54, 1.807) is 0 Å². The lowest BCUT2D eigenvalue weighted by atomic mass is 10.4. The number of nitrogen functional groups attached to an aromatic ring is 1. The minimum atomic E-state index is -3.76. The first-order valence-electron chi connectivity index (χ1n) is 4.48. The molecule has 0 unspecified atom stereocenters. The molecular weight excluding hydrogens is 230 g/mol. The Hall–Kier alpha value is -1.63. The molecule has 0 saturated heterocycles. The Morgan fingerprint density at radius 2 is 2.12 bits per heavy atom. The minimum Gasteiger partial charge on any atom is -0.396 e. The smallest absolute Gasteiger partial charge is 0.237 e. The molecule has 0 aliphatic carbocycles. The number of carbonyl (C=O) groups excluding carboxylic acids is 1. The molecule has 0 aliphatic heterocycles. The van der Waals surface area contributed by atoms with E-state index in [0.717, 1.165) is 0 Å². The van der Waals surface area contributed by atoms with Gasteiger partial charge in [0.2, 0.25) is 15.7 Å². The lowest BCUT2D eigenvalue weighted by Gasteiger charge is -2.10. The number of anilines is 1. The fourth-order valence-electron chi connectivity index (χ4n) is 1.02. The predicted molar refractivity (Wildman–Crippen MR) is 59.4 cm³/mol. The maximum absolute atomic E-state index is 11.8. The second-order valence-electron chi connectivity index (χ2n) is 3.45. The number of hydrogen-bond donors (Lipinski definition) is 1. The fourth-order valence-corrected chi connectivity index (χ4v) is 2.39. The number of nitrogens with zero attached hydrogens (tertiary/aromatic N) is 2. The van der Waals surface area contributed by atoms with Gasteiger partial charge in [0.25, 0.3) is 0 Å². The molecule has 1 aromatic rings. The van der Waals surface area contributed by atoms with Gasteiger partial charge in [0.05, 0.1) is 5.69 Å². The largest absolute Gasteiger partial charge is 0.396 e. The van der Waals surface area contributed by atoms with E-state index < -0.39 is 21.5 Å². The Labute approximate surface area is 94.0 Å². The van der Waals surface area contributed by atoms with Crippen LogP contribution in [0.15, 0.2) is 23.4 Å². The van der Waals surface area contributed by atoms with Crippen LogP contribution in [0, 0.1) is 0 Å². The van der Waals surface area contributed by atoms with Gasteiger partial charge in [-0.3, -0.25) is 4.79 Å². The molecule has 1 aromatic heterocycles. The van der Waals surface area contributed by atoms with Gasteiger partial charge in [-0.1, -0.05) is 0 Å². The summed E-state index contributed by atoms with van der Waals surface area (Å²) in [7, 11) is -0.791. The molecule has 0 aliphatic rings. The van der Waals surface area contributed by atoms with Crippen molar-refractivity contribution < 1.29 is 13.2 Å². The van der Waals surface area contributed by atoms with Crippen LogP contribution in [0.4, 0.5) is 5.69 Å². The van der Waals surface area contributed by atoms with Gasteiger partial charge in [0, 0.05) is 20.3 Å². The van der Waals surface area contributed by atoms with E-state index in [9.17, 15) is 13.2 Å². The molecule has 1 amide bonds. The molecule has 0 radical (unpaired) electrons. The number of carbonyl (C=O) groups is 1. The average Bonchev–Trinajstić information content (AvgIpc) is 2.17. The van der Waals surface area contributed by atoms with Crippen molar-refractivity contribution in [3.8, 4) is 0 Å². The fraction of sp³-hybridized carbons (Fsp3) is 0.333. The van der Waals surface area contributed by atoms with Crippen molar-refractivity contribution >= 4 is 21.4 Å². The molecule has 0 fully saturated rings. The average molecular weight is 243 g/mol. The summed E-state index contributed by atoms with van der Waals surface area (Å²) < 4.78 is 23.6. The van der Waals surface area contributed by atoms with Crippen molar-refractivity contribution in [1.29, 1.82) is 0 Å². The summed E-state index contributed by atoms with van der Waals surface area (Å²) in [6.07, 6.45) is 1.32. The highest BCUT2D eigenvalue weighted by atomic mass is 32.2. The van der Waals surface area contributed by atoms with E-state index in [2.05, 4.69) is 4.98 Å². The highest BCUT2D eigenvalue weighted by Gasteiger charge is 2.23. The van der Waals surface area contributed by atoms with Crippen molar-refractivity contribution in [1.82, 2.24) is 9.88 Å². The predicted octanol–water partition coefficient (Wildman–Crippen LogP) is -0.474. The van der Waals surface area contributed by atoms with Crippen molar-refractivity contribution in [2.45, 2.75) is 5.03 Å². The maximum atomic E-state index is 11.8. The number of pyridine rings is 1. The maximum Gasteiger partial charge on any atom is 0.237 e. The van der Waals surface area contributed by atoms with Gasteiger partial charge in [0.1, 0.15) is 5.75 Å². The summed E-state index contributed by atoms with van der Waals surface area (Å²) in [6.45, 7) is 0. The molecule has 7 heteroatoms. The second kappa shape index (κ2) is 4.48. The van der Waals surface area contributed by atoms with Crippen LogP contribution >= 0.6 is 0 Å². The molecular formula is C9H13N3O3S. The number of sulfone groups is 1. The Kier molecular flexibility index (Phi) is 3.48. The molecule has 1 rings (SSSR count). The molecule has 1 heterocycles. The zero-order valence-corrected chi connectivity index (χ0v) is 9.86. The van der Waals surface area contributed by atoms with Crippen molar-refractivity contribution in [2.24, 2.45) is 0 Å². The summed E-state index contributed by atoms with van der Waals surface area (Å²) in [6, 6.07) is 2.96. The van der Waals surface area contributed by atoms with Crippen LogP contribution < -0.4 is 5.73 Å². The first-order chi connectivity index (χ1) is 7.34. The number of amides is 1. The van der Waals surface area contributed by atoms with Crippen LogP contribution in [0.25, 0.3) is 0 Å². The summed E-state index contributed by atoms with van der Waals surface area (Å²) in [5, 5.41) is -0.245. The third-order valence-electron chi connectivity index (χ3n) is 1.91. The highest BCUT2D eigenvalue weighted by molar-refractivity contribution is 7.92. The van der Waals surface area contributed by atoms with Crippen LogP contribution in [-0.4, -0.2) is 44.1 Å².